The number of benzene rings is 1. The number of rotatable bonds is 6. The molecule has 1 N–H and O–H groups in total. The SMILES string of the molecule is CC(C)c1cccc(C(C)C)c1NC(=O)C1CC(=O)N(CC2CCCO2)C1. The number of carbonyl (C=O) groups is 2. The lowest BCUT2D eigenvalue weighted by Gasteiger charge is -2.22. The van der Waals surface area contributed by atoms with Gasteiger partial charge in [-0.05, 0) is 35.8 Å². The summed E-state index contributed by atoms with van der Waals surface area (Å²) in [5.74, 6) is 0.361. The van der Waals surface area contributed by atoms with Gasteiger partial charge in [-0.2, -0.15) is 0 Å². The van der Waals surface area contributed by atoms with Gasteiger partial charge in [-0.1, -0.05) is 45.9 Å². The maximum atomic E-state index is 13.0. The maximum Gasteiger partial charge on any atom is 0.229 e. The first-order valence-corrected chi connectivity index (χ1v) is 10.2. The highest BCUT2D eigenvalue weighted by atomic mass is 16.5. The lowest BCUT2D eigenvalue weighted by Crippen LogP contribution is -2.34. The number of carbonyl (C=O) groups excluding carboxylic acids is 2. The number of anilines is 1. The van der Waals surface area contributed by atoms with E-state index in [2.05, 4.69) is 51.2 Å². The second-order valence-corrected chi connectivity index (χ2v) is 8.44. The van der Waals surface area contributed by atoms with Crippen molar-refractivity contribution in [2.75, 3.05) is 25.0 Å². The topological polar surface area (TPSA) is 58.6 Å². The highest BCUT2D eigenvalue weighted by molar-refractivity contribution is 5.98. The second kappa shape index (κ2) is 8.42. The minimum Gasteiger partial charge on any atom is -0.376 e. The van der Waals surface area contributed by atoms with Gasteiger partial charge in [-0.25, -0.2) is 0 Å². The van der Waals surface area contributed by atoms with Gasteiger partial charge in [0.15, 0.2) is 0 Å². The molecule has 0 aromatic heterocycles. The van der Waals surface area contributed by atoms with Crippen LogP contribution in [0.2, 0.25) is 0 Å². The summed E-state index contributed by atoms with van der Waals surface area (Å²) in [6.45, 7) is 10.4. The summed E-state index contributed by atoms with van der Waals surface area (Å²) in [7, 11) is 0. The van der Waals surface area contributed by atoms with Crippen LogP contribution in [0.4, 0.5) is 5.69 Å². The lowest BCUT2D eigenvalue weighted by atomic mass is 9.92. The molecule has 2 heterocycles. The molecule has 0 aliphatic carbocycles. The summed E-state index contributed by atoms with van der Waals surface area (Å²) in [5.41, 5.74) is 3.22. The Hall–Kier alpha value is -1.88. The first-order valence-electron chi connectivity index (χ1n) is 10.2. The van der Waals surface area contributed by atoms with E-state index in [0.717, 1.165) is 36.3 Å². The molecule has 2 fully saturated rings. The van der Waals surface area contributed by atoms with Crippen LogP contribution >= 0.6 is 0 Å². The summed E-state index contributed by atoms with van der Waals surface area (Å²) in [6.07, 6.45) is 2.48. The van der Waals surface area contributed by atoms with E-state index >= 15 is 0 Å². The van der Waals surface area contributed by atoms with Crippen molar-refractivity contribution in [1.29, 1.82) is 0 Å². The third kappa shape index (κ3) is 4.52. The number of hydrogen-bond acceptors (Lipinski definition) is 3. The van der Waals surface area contributed by atoms with E-state index in [1.807, 2.05) is 0 Å². The second-order valence-electron chi connectivity index (χ2n) is 8.44. The summed E-state index contributed by atoms with van der Waals surface area (Å²) < 4.78 is 5.64. The van der Waals surface area contributed by atoms with Gasteiger partial charge in [0.1, 0.15) is 0 Å². The molecule has 3 rings (SSSR count). The van der Waals surface area contributed by atoms with E-state index in [9.17, 15) is 9.59 Å². The Morgan fingerprint density at radius 1 is 1.22 bits per heavy atom. The summed E-state index contributed by atoms with van der Waals surface area (Å²) in [6, 6.07) is 6.22. The molecule has 2 unspecified atom stereocenters. The van der Waals surface area contributed by atoms with Gasteiger partial charge in [0.2, 0.25) is 11.8 Å². The predicted molar refractivity (Wildman–Crippen MR) is 107 cm³/mol. The van der Waals surface area contributed by atoms with Crippen molar-refractivity contribution in [3.05, 3.63) is 29.3 Å². The zero-order valence-corrected chi connectivity index (χ0v) is 17.0. The van der Waals surface area contributed by atoms with Crippen molar-refractivity contribution in [1.82, 2.24) is 4.90 Å². The number of nitrogens with one attached hydrogen (secondary N) is 1. The summed E-state index contributed by atoms with van der Waals surface area (Å²) >= 11 is 0. The number of likely N-dealkylation sites (tertiary alicyclic amines) is 1. The minimum atomic E-state index is -0.292. The normalized spacial score (nSPS) is 22.9. The quantitative estimate of drug-likeness (QED) is 0.824. The molecular formula is C22H32N2O3. The van der Waals surface area contributed by atoms with E-state index in [1.54, 1.807) is 4.90 Å². The van der Waals surface area contributed by atoms with Crippen molar-refractivity contribution < 1.29 is 14.3 Å². The van der Waals surface area contributed by atoms with Crippen molar-refractivity contribution in [3.63, 3.8) is 0 Å². The smallest absolute Gasteiger partial charge is 0.229 e. The molecule has 148 valence electrons. The van der Waals surface area contributed by atoms with Gasteiger partial charge < -0.3 is 15.0 Å². The standard InChI is InChI=1S/C22H32N2O3/c1-14(2)18-8-5-9-19(15(3)4)21(18)23-22(26)16-11-20(25)24(12-16)13-17-7-6-10-27-17/h5,8-9,14-17H,6-7,10-13H2,1-4H3,(H,23,26). The van der Waals surface area contributed by atoms with E-state index in [1.165, 1.54) is 0 Å². The molecule has 2 atom stereocenters. The van der Waals surface area contributed by atoms with Crippen LogP contribution < -0.4 is 5.32 Å². The van der Waals surface area contributed by atoms with Crippen LogP contribution in [0, 0.1) is 5.92 Å². The lowest BCUT2D eigenvalue weighted by molar-refractivity contribution is -0.129. The monoisotopic (exact) mass is 372 g/mol. The molecule has 0 spiro atoms. The van der Waals surface area contributed by atoms with E-state index in [4.69, 9.17) is 4.74 Å². The molecule has 27 heavy (non-hydrogen) atoms. The largest absolute Gasteiger partial charge is 0.376 e. The fourth-order valence-corrected chi connectivity index (χ4v) is 4.08. The van der Waals surface area contributed by atoms with Crippen molar-refractivity contribution in [3.8, 4) is 0 Å². The molecule has 0 bridgehead atoms. The van der Waals surface area contributed by atoms with Gasteiger partial charge in [-0.15, -0.1) is 0 Å². The van der Waals surface area contributed by atoms with Gasteiger partial charge in [0.05, 0.1) is 12.0 Å². The van der Waals surface area contributed by atoms with Crippen LogP contribution in [0.1, 0.15) is 69.9 Å². The van der Waals surface area contributed by atoms with Crippen LogP contribution in [0.5, 0.6) is 0 Å². The molecule has 5 nitrogen and oxygen atoms in total. The third-order valence-electron chi connectivity index (χ3n) is 5.65. The first kappa shape index (κ1) is 19.9. The van der Waals surface area contributed by atoms with Crippen molar-refractivity contribution >= 4 is 17.5 Å². The van der Waals surface area contributed by atoms with Crippen molar-refractivity contribution in [2.45, 2.75) is 64.9 Å². The molecule has 0 saturated carbocycles. The average Bonchev–Trinajstić information content (AvgIpc) is 3.25. The molecule has 2 aliphatic heterocycles. The summed E-state index contributed by atoms with van der Waals surface area (Å²) in [4.78, 5) is 27.1. The fraction of sp³-hybridized carbons (Fsp3) is 0.636. The Morgan fingerprint density at radius 3 is 2.44 bits per heavy atom. The fourth-order valence-electron chi connectivity index (χ4n) is 4.08. The van der Waals surface area contributed by atoms with Gasteiger partial charge in [0.25, 0.3) is 0 Å². The first-order chi connectivity index (χ1) is 12.9. The van der Waals surface area contributed by atoms with Crippen LogP contribution in [0.3, 0.4) is 0 Å². The van der Waals surface area contributed by atoms with Crippen LogP contribution in [-0.4, -0.2) is 42.5 Å². The van der Waals surface area contributed by atoms with Gasteiger partial charge in [-0.3, -0.25) is 9.59 Å². The summed E-state index contributed by atoms with van der Waals surface area (Å²) in [5, 5.41) is 3.17. The van der Waals surface area contributed by atoms with Crippen molar-refractivity contribution in [2.24, 2.45) is 5.92 Å². The Labute approximate surface area is 162 Å². The number of ether oxygens (including phenoxy) is 1. The zero-order valence-electron chi connectivity index (χ0n) is 17.0. The molecule has 5 heteroatoms. The molecule has 0 radical (unpaired) electrons. The van der Waals surface area contributed by atoms with Gasteiger partial charge >= 0.3 is 0 Å². The number of amides is 2. The molecule has 2 saturated heterocycles. The molecular weight excluding hydrogens is 340 g/mol. The highest BCUT2D eigenvalue weighted by Crippen LogP contribution is 2.33. The highest BCUT2D eigenvalue weighted by Gasteiger charge is 2.36. The Bertz CT molecular complexity index is 667. The van der Waals surface area contributed by atoms with Crippen LogP contribution in [-0.2, 0) is 14.3 Å². The molecule has 2 amide bonds. The van der Waals surface area contributed by atoms with Crippen LogP contribution in [0.15, 0.2) is 18.2 Å². The maximum absolute atomic E-state index is 13.0. The third-order valence-corrected chi connectivity index (χ3v) is 5.65. The number of para-hydroxylation sites is 1. The van der Waals surface area contributed by atoms with Crippen LogP contribution in [0.25, 0.3) is 0 Å². The molecule has 1 aromatic rings. The Balaban J connectivity index is 1.71. The number of hydrogen-bond donors (Lipinski definition) is 1. The van der Waals surface area contributed by atoms with Gasteiger partial charge in [0, 0.05) is 31.8 Å². The zero-order chi connectivity index (χ0) is 19.6. The average molecular weight is 373 g/mol. The van der Waals surface area contributed by atoms with E-state index < -0.39 is 0 Å². The molecule has 1 aromatic carbocycles. The van der Waals surface area contributed by atoms with E-state index in [0.29, 0.717) is 31.3 Å². The minimum absolute atomic E-state index is 0.0480. The molecule has 2 aliphatic rings. The van der Waals surface area contributed by atoms with E-state index in [-0.39, 0.29) is 23.8 Å². The number of nitrogens with zero attached hydrogens (tertiary/aromatic N) is 1. The Kier molecular flexibility index (Phi) is 6.20. The Morgan fingerprint density at radius 2 is 1.89 bits per heavy atom. The predicted octanol–water partition coefficient (Wildman–Crippen LogP) is 3.90.